The minimum Gasteiger partial charge on any atom is -0.377 e. The van der Waals surface area contributed by atoms with Crippen molar-refractivity contribution in [3.8, 4) is 0 Å². The number of nitrogens with two attached hydrogens (primary N) is 3. The van der Waals surface area contributed by atoms with Gasteiger partial charge in [-0.15, -0.1) is 0 Å². The Hall–Kier alpha value is -1.21. The molecule has 0 fully saturated rings. The van der Waals surface area contributed by atoms with E-state index in [2.05, 4.69) is 28.7 Å². The van der Waals surface area contributed by atoms with Crippen molar-refractivity contribution in [3.05, 3.63) is 11.1 Å². The van der Waals surface area contributed by atoms with Crippen LogP contribution in [0.4, 0.5) is 5.13 Å². The highest BCUT2D eigenvalue weighted by Crippen LogP contribution is 2.10. The van der Waals surface area contributed by atoms with Crippen LogP contribution < -0.4 is 17.2 Å². The van der Waals surface area contributed by atoms with E-state index in [9.17, 15) is 4.79 Å². The average molecular weight is 204 g/mol. The van der Waals surface area contributed by atoms with Gasteiger partial charge >= 0.3 is 0 Å². The summed E-state index contributed by atoms with van der Waals surface area (Å²) in [6.45, 7) is 0. The molecule has 66 valence electrons. The molecule has 0 atom stereocenters. The van der Waals surface area contributed by atoms with Gasteiger partial charge < -0.3 is 17.2 Å². The van der Waals surface area contributed by atoms with Gasteiger partial charge in [-0.25, -0.2) is 4.98 Å². The molecule has 0 saturated carbocycles. The second kappa shape index (κ2) is 5.44. The van der Waals surface area contributed by atoms with Crippen LogP contribution in [0.2, 0.25) is 0 Å². The molecule has 1 rings (SSSR count). The van der Waals surface area contributed by atoms with Crippen molar-refractivity contribution in [1.29, 1.82) is 0 Å². The van der Waals surface area contributed by atoms with Gasteiger partial charge in [-0.1, -0.05) is 11.3 Å². The SMILES string of the molecule is NC(N)=S.Nc1ncc(C=O)s1. The van der Waals surface area contributed by atoms with Gasteiger partial charge in [0, 0.05) is 0 Å². The normalized spacial score (nSPS) is 8.00. The Morgan fingerprint density at radius 2 is 2.17 bits per heavy atom. The highest BCUT2D eigenvalue weighted by Gasteiger charge is 1.92. The van der Waals surface area contributed by atoms with Crippen LogP contribution in [0.3, 0.4) is 0 Å². The molecule has 0 bridgehead atoms. The van der Waals surface area contributed by atoms with Gasteiger partial charge in [-0.05, 0) is 12.2 Å². The number of hydrogen-bond acceptors (Lipinski definition) is 5. The first kappa shape index (κ1) is 10.8. The van der Waals surface area contributed by atoms with Crippen molar-refractivity contribution >= 4 is 40.1 Å². The van der Waals surface area contributed by atoms with Crippen molar-refractivity contribution < 1.29 is 4.79 Å². The van der Waals surface area contributed by atoms with Crippen molar-refractivity contribution in [2.24, 2.45) is 11.5 Å². The lowest BCUT2D eigenvalue weighted by Crippen LogP contribution is -2.18. The van der Waals surface area contributed by atoms with E-state index in [4.69, 9.17) is 5.73 Å². The Balaban J connectivity index is 0.000000261. The Morgan fingerprint density at radius 1 is 1.67 bits per heavy atom. The summed E-state index contributed by atoms with van der Waals surface area (Å²) >= 11 is 5.28. The fourth-order valence-corrected chi connectivity index (χ4v) is 0.856. The third kappa shape index (κ3) is 5.57. The number of aldehydes is 1. The number of aromatic nitrogens is 1. The summed E-state index contributed by atoms with van der Waals surface area (Å²) in [4.78, 5) is 14.2. The maximum Gasteiger partial charge on any atom is 0.180 e. The number of hydrogen-bond donors (Lipinski definition) is 3. The lowest BCUT2D eigenvalue weighted by Gasteiger charge is -1.70. The summed E-state index contributed by atoms with van der Waals surface area (Å²) in [7, 11) is 0. The molecule has 7 heteroatoms. The summed E-state index contributed by atoms with van der Waals surface area (Å²) < 4.78 is 0. The van der Waals surface area contributed by atoms with E-state index in [0.29, 0.717) is 10.0 Å². The molecule has 1 aromatic heterocycles. The van der Waals surface area contributed by atoms with Crippen LogP contribution >= 0.6 is 23.6 Å². The summed E-state index contributed by atoms with van der Waals surface area (Å²) in [6, 6.07) is 0. The Labute approximate surface area is 78.6 Å². The molecular weight excluding hydrogens is 196 g/mol. The van der Waals surface area contributed by atoms with E-state index < -0.39 is 0 Å². The predicted molar refractivity (Wildman–Crippen MR) is 52.9 cm³/mol. The maximum absolute atomic E-state index is 9.93. The van der Waals surface area contributed by atoms with Gasteiger partial charge in [0.25, 0.3) is 0 Å². The van der Waals surface area contributed by atoms with E-state index in [1.54, 1.807) is 0 Å². The van der Waals surface area contributed by atoms with Gasteiger partial charge in [0.05, 0.1) is 11.1 Å². The molecule has 0 aliphatic carbocycles. The monoisotopic (exact) mass is 204 g/mol. The Morgan fingerprint density at radius 3 is 2.33 bits per heavy atom. The smallest absolute Gasteiger partial charge is 0.180 e. The Bertz CT molecular complexity index is 268. The van der Waals surface area contributed by atoms with Crippen LogP contribution in [0.15, 0.2) is 6.20 Å². The van der Waals surface area contributed by atoms with E-state index in [1.165, 1.54) is 17.5 Å². The van der Waals surface area contributed by atoms with E-state index in [0.717, 1.165) is 6.29 Å². The maximum atomic E-state index is 9.93. The number of nitrogen functional groups attached to an aromatic ring is 1. The average Bonchev–Trinajstić information content (AvgIpc) is 2.34. The van der Waals surface area contributed by atoms with Crippen molar-refractivity contribution in [2.45, 2.75) is 0 Å². The first-order valence-corrected chi connectivity index (χ1v) is 4.00. The summed E-state index contributed by atoms with van der Waals surface area (Å²) in [5.74, 6) is 0. The van der Waals surface area contributed by atoms with Crippen LogP contribution in [0, 0.1) is 0 Å². The molecule has 1 heterocycles. The van der Waals surface area contributed by atoms with Crippen LogP contribution in [-0.4, -0.2) is 16.4 Å². The van der Waals surface area contributed by atoms with E-state index >= 15 is 0 Å². The van der Waals surface area contributed by atoms with E-state index in [1.807, 2.05) is 0 Å². The second-order valence-corrected chi connectivity index (χ2v) is 3.19. The van der Waals surface area contributed by atoms with Crippen LogP contribution in [0.1, 0.15) is 9.67 Å². The molecule has 5 nitrogen and oxygen atoms in total. The van der Waals surface area contributed by atoms with Crippen LogP contribution in [-0.2, 0) is 0 Å². The molecule has 0 aliphatic rings. The van der Waals surface area contributed by atoms with Gasteiger partial charge in [-0.3, -0.25) is 4.79 Å². The fraction of sp³-hybridized carbons (Fsp3) is 0. The topological polar surface area (TPSA) is 108 Å². The molecule has 0 saturated heterocycles. The zero-order valence-electron chi connectivity index (χ0n) is 6.06. The zero-order chi connectivity index (χ0) is 9.56. The molecule has 0 spiro atoms. The number of rotatable bonds is 1. The number of nitrogens with zero attached hydrogens (tertiary/aromatic N) is 1. The lowest BCUT2D eigenvalue weighted by atomic mass is 10.6. The highest BCUT2D eigenvalue weighted by atomic mass is 32.1. The predicted octanol–water partition coefficient (Wildman–Crippen LogP) is -0.274. The molecule has 6 N–H and O–H groups in total. The van der Waals surface area contributed by atoms with Gasteiger partial charge in [-0.2, -0.15) is 0 Å². The van der Waals surface area contributed by atoms with Crippen LogP contribution in [0.25, 0.3) is 0 Å². The summed E-state index contributed by atoms with van der Waals surface area (Å²) in [6.07, 6.45) is 2.18. The minimum atomic E-state index is 0.000000000000000222. The number of thiazole rings is 1. The zero-order valence-corrected chi connectivity index (χ0v) is 7.69. The summed E-state index contributed by atoms with van der Waals surface area (Å²) in [5.41, 5.74) is 14.4. The molecule has 1 aromatic rings. The third-order valence-corrected chi connectivity index (χ3v) is 1.41. The van der Waals surface area contributed by atoms with Crippen LogP contribution in [0.5, 0.6) is 0 Å². The second-order valence-electron chi connectivity index (χ2n) is 1.62. The number of anilines is 1. The van der Waals surface area contributed by atoms with Crippen molar-refractivity contribution in [2.75, 3.05) is 5.73 Å². The van der Waals surface area contributed by atoms with Crippen molar-refractivity contribution in [3.63, 3.8) is 0 Å². The third-order valence-electron chi connectivity index (χ3n) is 0.658. The summed E-state index contributed by atoms with van der Waals surface area (Å²) in [5, 5.41) is 0.437. The molecule has 0 unspecified atom stereocenters. The molecule has 0 radical (unpaired) electrons. The minimum absolute atomic E-state index is 0.000000000000000222. The van der Waals surface area contributed by atoms with Gasteiger partial charge in [0.2, 0.25) is 0 Å². The fourth-order valence-electron chi connectivity index (χ4n) is 0.355. The molecule has 12 heavy (non-hydrogen) atoms. The first-order chi connectivity index (χ1) is 5.56. The molecule has 0 aliphatic heterocycles. The largest absolute Gasteiger partial charge is 0.377 e. The Kier molecular flexibility index (Phi) is 4.89. The van der Waals surface area contributed by atoms with Gasteiger partial charge in [0.1, 0.15) is 0 Å². The molecular formula is C5H8N4OS2. The number of carbonyl (C=O) groups is 1. The molecule has 0 aromatic carbocycles. The molecule has 0 amide bonds. The number of thiocarbonyl (C=S) groups is 1. The van der Waals surface area contributed by atoms with Crippen molar-refractivity contribution in [1.82, 2.24) is 4.98 Å². The van der Waals surface area contributed by atoms with Gasteiger partial charge in [0.15, 0.2) is 16.5 Å². The first-order valence-electron chi connectivity index (χ1n) is 2.77. The van der Waals surface area contributed by atoms with E-state index in [-0.39, 0.29) is 5.11 Å². The lowest BCUT2D eigenvalue weighted by molar-refractivity contribution is 0.112. The standard InChI is InChI=1S/C4H4N2OS.CH4N2S/c5-4-6-1-3(2-7)8-4;2-1(3)4/h1-2H,(H2,5,6);(H4,2,3,4). The highest BCUT2D eigenvalue weighted by molar-refractivity contribution is 7.80. The quantitative estimate of drug-likeness (QED) is 0.429. The number of carbonyl (C=O) groups excluding carboxylic acids is 1.